The molecule has 2 aromatic rings. The average molecular weight is 246 g/mol. The van der Waals surface area contributed by atoms with Crippen molar-refractivity contribution >= 4 is 0 Å². The molecule has 6 nitrogen and oxygen atoms in total. The summed E-state index contributed by atoms with van der Waals surface area (Å²) in [4.78, 5) is 4.19. The van der Waals surface area contributed by atoms with Gasteiger partial charge >= 0.3 is 0 Å². The van der Waals surface area contributed by atoms with Crippen molar-refractivity contribution in [2.75, 3.05) is 19.6 Å². The summed E-state index contributed by atoms with van der Waals surface area (Å²) in [6, 6.07) is 0.518. The summed E-state index contributed by atoms with van der Waals surface area (Å²) in [5, 5.41) is 12.6. The van der Waals surface area contributed by atoms with Crippen molar-refractivity contribution in [2.24, 2.45) is 0 Å². The van der Waals surface area contributed by atoms with Crippen LogP contribution in [0, 0.1) is 6.92 Å². The van der Waals surface area contributed by atoms with Crippen molar-refractivity contribution < 1.29 is 0 Å². The number of hydrogen-bond acceptors (Lipinski definition) is 4. The topological polar surface area (TPSA) is 51.8 Å². The lowest BCUT2D eigenvalue weighted by molar-refractivity contribution is 0.292. The van der Waals surface area contributed by atoms with Crippen LogP contribution in [0.5, 0.6) is 0 Å². The van der Waals surface area contributed by atoms with E-state index in [0.29, 0.717) is 6.04 Å². The summed E-state index contributed by atoms with van der Waals surface area (Å²) in [5.74, 6) is 0. The Balaban J connectivity index is 1.52. The van der Waals surface area contributed by atoms with Gasteiger partial charge in [0, 0.05) is 25.8 Å². The molecule has 1 aliphatic heterocycles. The third kappa shape index (κ3) is 2.43. The average Bonchev–Trinajstić information content (AvgIpc) is 3.07. The summed E-state index contributed by atoms with van der Waals surface area (Å²) in [5.41, 5.74) is 1.23. The highest BCUT2D eigenvalue weighted by atomic mass is 15.5. The Morgan fingerprint density at radius 3 is 2.78 bits per heavy atom. The molecule has 0 saturated carbocycles. The van der Waals surface area contributed by atoms with Crippen molar-refractivity contribution in [3.05, 3.63) is 30.4 Å². The summed E-state index contributed by atoms with van der Waals surface area (Å²) >= 11 is 0. The molecular formula is C12H18N6. The molecule has 6 heteroatoms. The summed E-state index contributed by atoms with van der Waals surface area (Å²) in [6.07, 6.45) is 8.67. The van der Waals surface area contributed by atoms with Gasteiger partial charge in [0.2, 0.25) is 0 Å². The third-order valence-corrected chi connectivity index (χ3v) is 3.44. The van der Waals surface area contributed by atoms with E-state index < -0.39 is 0 Å². The second kappa shape index (κ2) is 4.89. The van der Waals surface area contributed by atoms with Crippen molar-refractivity contribution in [1.29, 1.82) is 0 Å². The monoisotopic (exact) mass is 246 g/mol. The van der Waals surface area contributed by atoms with Crippen LogP contribution >= 0.6 is 0 Å². The molecule has 1 fully saturated rings. The minimum atomic E-state index is 0.518. The molecular weight excluding hydrogens is 228 g/mol. The molecule has 0 aromatic carbocycles. The Bertz CT molecular complexity index is 488. The van der Waals surface area contributed by atoms with E-state index in [4.69, 9.17) is 0 Å². The van der Waals surface area contributed by atoms with Crippen molar-refractivity contribution in [3.63, 3.8) is 0 Å². The molecule has 1 aliphatic rings. The Hall–Kier alpha value is -1.69. The minimum Gasteiger partial charge on any atom is -0.299 e. The summed E-state index contributed by atoms with van der Waals surface area (Å²) in [7, 11) is 0. The maximum atomic E-state index is 4.40. The fourth-order valence-corrected chi connectivity index (χ4v) is 2.45. The van der Waals surface area contributed by atoms with Gasteiger partial charge in [-0.1, -0.05) is 0 Å². The van der Waals surface area contributed by atoms with E-state index in [9.17, 15) is 0 Å². The van der Waals surface area contributed by atoms with Crippen molar-refractivity contribution in [1.82, 2.24) is 29.7 Å². The predicted octanol–water partition coefficient (Wildman–Crippen LogP) is 0.730. The number of aryl methyl sites for hydroxylation is 1. The van der Waals surface area contributed by atoms with Crippen molar-refractivity contribution in [2.45, 2.75) is 25.9 Å². The predicted molar refractivity (Wildman–Crippen MR) is 67.1 cm³/mol. The van der Waals surface area contributed by atoms with Gasteiger partial charge in [0.05, 0.1) is 31.2 Å². The molecule has 18 heavy (non-hydrogen) atoms. The molecule has 2 aromatic heterocycles. The van der Waals surface area contributed by atoms with E-state index in [0.717, 1.165) is 26.2 Å². The Morgan fingerprint density at radius 2 is 2.06 bits per heavy atom. The molecule has 96 valence electrons. The lowest BCUT2D eigenvalue weighted by Gasteiger charge is -2.15. The minimum absolute atomic E-state index is 0.518. The van der Waals surface area contributed by atoms with Gasteiger partial charge in [-0.25, -0.2) is 0 Å². The molecule has 0 amide bonds. The first-order valence-corrected chi connectivity index (χ1v) is 6.38. The van der Waals surface area contributed by atoms with Crippen LogP contribution in [0.25, 0.3) is 0 Å². The summed E-state index contributed by atoms with van der Waals surface area (Å²) < 4.78 is 2.10. The van der Waals surface area contributed by atoms with Gasteiger partial charge in [0.1, 0.15) is 0 Å². The van der Waals surface area contributed by atoms with E-state index in [1.54, 1.807) is 17.2 Å². The lowest BCUT2D eigenvalue weighted by atomic mass is 10.3. The normalized spacial score (nSPS) is 20.6. The quantitative estimate of drug-likeness (QED) is 0.798. The largest absolute Gasteiger partial charge is 0.299 e. The van der Waals surface area contributed by atoms with Crippen LogP contribution in [0.2, 0.25) is 0 Å². The number of aromatic nitrogens is 5. The SMILES string of the molecule is Cc1cnn(C2CCN(CCn3nccn3)C2)c1. The van der Waals surface area contributed by atoms with Gasteiger partial charge in [-0.2, -0.15) is 20.1 Å². The van der Waals surface area contributed by atoms with Crippen LogP contribution in [0.15, 0.2) is 24.8 Å². The zero-order chi connectivity index (χ0) is 12.4. The maximum Gasteiger partial charge on any atom is 0.0734 e. The Morgan fingerprint density at radius 1 is 1.22 bits per heavy atom. The number of hydrogen-bond donors (Lipinski definition) is 0. The fraction of sp³-hybridized carbons (Fsp3) is 0.583. The number of rotatable bonds is 4. The van der Waals surface area contributed by atoms with E-state index >= 15 is 0 Å². The lowest BCUT2D eigenvalue weighted by Crippen LogP contribution is -2.26. The Kier molecular flexibility index (Phi) is 3.10. The van der Waals surface area contributed by atoms with Crippen molar-refractivity contribution in [3.8, 4) is 0 Å². The van der Waals surface area contributed by atoms with Crippen LogP contribution in [-0.2, 0) is 6.54 Å². The van der Waals surface area contributed by atoms with Crippen LogP contribution < -0.4 is 0 Å². The van der Waals surface area contributed by atoms with Crippen LogP contribution in [-0.4, -0.2) is 49.3 Å². The first kappa shape index (κ1) is 11.4. The van der Waals surface area contributed by atoms with Gasteiger partial charge in [-0.3, -0.25) is 9.58 Å². The van der Waals surface area contributed by atoms with Gasteiger partial charge in [0.15, 0.2) is 0 Å². The third-order valence-electron chi connectivity index (χ3n) is 3.44. The highest BCUT2D eigenvalue weighted by molar-refractivity contribution is 5.01. The molecule has 0 spiro atoms. The molecule has 0 N–H and O–H groups in total. The van der Waals surface area contributed by atoms with Gasteiger partial charge in [0.25, 0.3) is 0 Å². The maximum absolute atomic E-state index is 4.40. The molecule has 1 atom stereocenters. The Labute approximate surface area is 106 Å². The van der Waals surface area contributed by atoms with E-state index in [1.807, 2.05) is 6.20 Å². The molecule has 0 bridgehead atoms. The molecule has 1 unspecified atom stereocenters. The fourth-order valence-electron chi connectivity index (χ4n) is 2.45. The highest BCUT2D eigenvalue weighted by Gasteiger charge is 2.23. The molecule has 0 radical (unpaired) electrons. The molecule has 3 rings (SSSR count). The smallest absolute Gasteiger partial charge is 0.0734 e. The molecule has 1 saturated heterocycles. The first-order valence-electron chi connectivity index (χ1n) is 6.38. The van der Waals surface area contributed by atoms with Gasteiger partial charge in [-0.15, -0.1) is 0 Å². The van der Waals surface area contributed by atoms with E-state index in [-0.39, 0.29) is 0 Å². The second-order valence-electron chi connectivity index (χ2n) is 4.87. The molecule has 3 heterocycles. The summed E-state index contributed by atoms with van der Waals surface area (Å²) in [6.45, 7) is 6.15. The standard InChI is InChI=1S/C12H18N6/c1-11-8-15-17(9-11)12-2-5-16(10-12)6-7-18-13-3-4-14-18/h3-4,8-9,12H,2,5-7,10H2,1H3. The molecule has 0 aliphatic carbocycles. The second-order valence-corrected chi connectivity index (χ2v) is 4.87. The first-order chi connectivity index (χ1) is 8.81. The van der Waals surface area contributed by atoms with E-state index in [1.165, 1.54) is 12.0 Å². The van der Waals surface area contributed by atoms with Crippen LogP contribution in [0.1, 0.15) is 18.0 Å². The van der Waals surface area contributed by atoms with Gasteiger partial charge < -0.3 is 0 Å². The van der Waals surface area contributed by atoms with Gasteiger partial charge in [-0.05, 0) is 18.9 Å². The number of likely N-dealkylation sites (tertiary alicyclic amines) is 1. The van der Waals surface area contributed by atoms with Crippen LogP contribution in [0.4, 0.5) is 0 Å². The zero-order valence-electron chi connectivity index (χ0n) is 10.6. The number of nitrogens with zero attached hydrogens (tertiary/aromatic N) is 6. The highest BCUT2D eigenvalue weighted by Crippen LogP contribution is 2.20. The zero-order valence-corrected chi connectivity index (χ0v) is 10.6. The van der Waals surface area contributed by atoms with Crippen LogP contribution in [0.3, 0.4) is 0 Å². The van der Waals surface area contributed by atoms with E-state index in [2.05, 4.69) is 38.0 Å².